The number of anilines is 1. The summed E-state index contributed by atoms with van der Waals surface area (Å²) >= 11 is 7.57. The molecule has 0 bridgehead atoms. The largest absolute Gasteiger partial charge is 0.462 e. The monoisotopic (exact) mass is 465 g/mol. The number of hydrogen-bond donors (Lipinski definition) is 1. The molecule has 0 fully saturated rings. The summed E-state index contributed by atoms with van der Waals surface area (Å²) in [6.07, 6.45) is 4.11. The van der Waals surface area contributed by atoms with Gasteiger partial charge in [0.15, 0.2) is 0 Å². The Balaban J connectivity index is 1.79. The molecule has 0 aliphatic rings. The highest BCUT2D eigenvalue weighted by molar-refractivity contribution is 7.16. The molecule has 0 saturated heterocycles. The number of aromatic nitrogens is 2. The van der Waals surface area contributed by atoms with Gasteiger partial charge in [-0.05, 0) is 55.8 Å². The van der Waals surface area contributed by atoms with Crippen LogP contribution in [0, 0.1) is 0 Å². The molecular weight excluding hydrogens is 446 g/mol. The van der Waals surface area contributed by atoms with Gasteiger partial charge in [0.25, 0.3) is 5.91 Å². The van der Waals surface area contributed by atoms with E-state index in [0.29, 0.717) is 37.7 Å². The van der Waals surface area contributed by atoms with Gasteiger partial charge in [0.1, 0.15) is 5.00 Å². The Morgan fingerprint density at radius 1 is 1.12 bits per heavy atom. The minimum Gasteiger partial charge on any atom is -0.462 e. The number of hydrogen-bond acceptors (Lipinski definition) is 6. The van der Waals surface area contributed by atoms with E-state index in [4.69, 9.17) is 16.3 Å². The summed E-state index contributed by atoms with van der Waals surface area (Å²) in [6, 6.07) is 12.4. The van der Waals surface area contributed by atoms with Crippen molar-refractivity contribution >= 4 is 50.7 Å². The topological polar surface area (TPSA) is 81.2 Å². The molecule has 1 aromatic carbocycles. The quantitative estimate of drug-likeness (QED) is 0.353. The van der Waals surface area contributed by atoms with Gasteiger partial charge in [-0.1, -0.05) is 18.5 Å². The zero-order valence-corrected chi connectivity index (χ0v) is 19.1. The zero-order chi connectivity index (χ0) is 22.7. The van der Waals surface area contributed by atoms with E-state index in [1.165, 1.54) is 11.3 Å². The van der Waals surface area contributed by atoms with Crippen LogP contribution in [0.25, 0.3) is 22.2 Å². The van der Waals surface area contributed by atoms with Crippen LogP contribution in [0.2, 0.25) is 5.02 Å². The van der Waals surface area contributed by atoms with Crippen LogP contribution >= 0.6 is 22.9 Å². The van der Waals surface area contributed by atoms with Crippen LogP contribution in [0.4, 0.5) is 5.00 Å². The highest BCUT2D eigenvalue weighted by Crippen LogP contribution is 2.32. The molecule has 0 saturated carbocycles. The van der Waals surface area contributed by atoms with Crippen molar-refractivity contribution in [2.24, 2.45) is 0 Å². The molecule has 162 valence electrons. The predicted octanol–water partition coefficient (Wildman–Crippen LogP) is 6.00. The SMILES string of the molecule is CCOC(=O)c1cc(CC)sc1NC(=O)c1cc(-c2cccnc2)nc2ccc(Cl)cc12. The first-order valence-corrected chi connectivity index (χ1v) is 11.3. The number of nitrogens with one attached hydrogen (secondary N) is 1. The third kappa shape index (κ3) is 4.49. The van der Waals surface area contributed by atoms with Gasteiger partial charge < -0.3 is 10.1 Å². The van der Waals surface area contributed by atoms with Crippen LogP contribution in [0.1, 0.15) is 39.4 Å². The average Bonchev–Trinajstić information content (AvgIpc) is 3.22. The molecule has 0 atom stereocenters. The highest BCUT2D eigenvalue weighted by Gasteiger charge is 2.21. The molecule has 3 heterocycles. The maximum absolute atomic E-state index is 13.4. The summed E-state index contributed by atoms with van der Waals surface area (Å²) in [7, 11) is 0. The number of benzene rings is 1. The van der Waals surface area contributed by atoms with Crippen molar-refractivity contribution in [1.29, 1.82) is 0 Å². The molecule has 4 rings (SSSR count). The maximum Gasteiger partial charge on any atom is 0.341 e. The van der Waals surface area contributed by atoms with Gasteiger partial charge in [-0.25, -0.2) is 9.78 Å². The molecule has 1 amide bonds. The van der Waals surface area contributed by atoms with E-state index in [2.05, 4.69) is 15.3 Å². The number of nitrogens with zero attached hydrogens (tertiary/aromatic N) is 2. The summed E-state index contributed by atoms with van der Waals surface area (Å²) < 4.78 is 5.16. The van der Waals surface area contributed by atoms with Gasteiger partial charge in [0.05, 0.1) is 28.9 Å². The summed E-state index contributed by atoms with van der Waals surface area (Å²) in [5.74, 6) is -0.822. The molecule has 0 aliphatic carbocycles. The van der Waals surface area contributed by atoms with Gasteiger partial charge in [-0.15, -0.1) is 11.3 Å². The van der Waals surface area contributed by atoms with Crippen molar-refractivity contribution in [3.63, 3.8) is 0 Å². The number of ether oxygens (including phenoxy) is 1. The Bertz CT molecular complexity index is 1300. The minimum absolute atomic E-state index is 0.255. The number of halogens is 1. The molecule has 6 nitrogen and oxygen atoms in total. The first-order chi connectivity index (χ1) is 15.5. The first-order valence-electron chi connectivity index (χ1n) is 10.1. The van der Waals surface area contributed by atoms with E-state index in [-0.39, 0.29) is 12.5 Å². The molecule has 0 spiro atoms. The van der Waals surface area contributed by atoms with Crippen LogP contribution in [0.5, 0.6) is 0 Å². The second kappa shape index (κ2) is 9.46. The van der Waals surface area contributed by atoms with E-state index in [0.717, 1.165) is 16.9 Å². The highest BCUT2D eigenvalue weighted by atomic mass is 35.5. The lowest BCUT2D eigenvalue weighted by atomic mass is 10.0. The Labute approximate surface area is 194 Å². The smallest absolute Gasteiger partial charge is 0.341 e. The lowest BCUT2D eigenvalue weighted by Crippen LogP contribution is -2.15. The molecule has 0 radical (unpaired) electrons. The van der Waals surface area contributed by atoms with Crippen molar-refractivity contribution in [3.8, 4) is 11.3 Å². The fourth-order valence-electron chi connectivity index (χ4n) is 3.29. The van der Waals surface area contributed by atoms with E-state index < -0.39 is 5.97 Å². The van der Waals surface area contributed by atoms with E-state index in [1.54, 1.807) is 49.6 Å². The lowest BCUT2D eigenvalue weighted by molar-refractivity contribution is 0.0528. The van der Waals surface area contributed by atoms with Crippen molar-refractivity contribution in [2.75, 3.05) is 11.9 Å². The third-order valence-electron chi connectivity index (χ3n) is 4.83. The van der Waals surface area contributed by atoms with E-state index >= 15 is 0 Å². The van der Waals surface area contributed by atoms with Crippen molar-refractivity contribution in [2.45, 2.75) is 20.3 Å². The number of fused-ring (bicyclic) bond motifs is 1. The summed E-state index contributed by atoms with van der Waals surface area (Å²) in [5.41, 5.74) is 2.79. The van der Waals surface area contributed by atoms with Crippen LogP contribution < -0.4 is 5.32 Å². The Morgan fingerprint density at radius 3 is 2.69 bits per heavy atom. The predicted molar refractivity (Wildman–Crippen MR) is 128 cm³/mol. The number of carbonyl (C=O) groups excluding carboxylic acids is 2. The second-order valence-corrected chi connectivity index (χ2v) is 8.52. The fourth-order valence-corrected chi connectivity index (χ4v) is 4.44. The van der Waals surface area contributed by atoms with Crippen molar-refractivity contribution in [3.05, 3.63) is 75.9 Å². The molecule has 1 N–H and O–H groups in total. The van der Waals surface area contributed by atoms with Crippen LogP contribution in [0.3, 0.4) is 0 Å². The molecule has 32 heavy (non-hydrogen) atoms. The molecule has 8 heteroatoms. The Hall–Kier alpha value is -3.29. The summed E-state index contributed by atoms with van der Waals surface area (Å²) in [6.45, 7) is 3.99. The fraction of sp³-hybridized carbons (Fsp3) is 0.167. The number of amides is 1. The van der Waals surface area contributed by atoms with Gasteiger partial charge >= 0.3 is 5.97 Å². The van der Waals surface area contributed by atoms with Crippen molar-refractivity contribution < 1.29 is 14.3 Å². The number of thiophene rings is 1. The average molecular weight is 466 g/mol. The summed E-state index contributed by atoms with van der Waals surface area (Å²) in [4.78, 5) is 35.6. The van der Waals surface area contributed by atoms with Gasteiger partial charge in [0, 0.05) is 33.2 Å². The third-order valence-corrected chi connectivity index (χ3v) is 6.26. The van der Waals surface area contributed by atoms with E-state index in [9.17, 15) is 9.59 Å². The zero-order valence-electron chi connectivity index (χ0n) is 17.5. The van der Waals surface area contributed by atoms with E-state index in [1.807, 2.05) is 19.1 Å². The first kappa shape index (κ1) is 21.9. The standard InChI is InChI=1S/C24H20ClN3O3S/c1-3-16-11-19(24(30)31-4-2)23(32-16)28-22(29)18-12-21(14-6-5-9-26-13-14)27-20-8-7-15(25)10-17(18)20/h5-13H,3-4H2,1-2H3,(H,28,29). The second-order valence-electron chi connectivity index (χ2n) is 6.94. The normalized spacial score (nSPS) is 10.8. The number of esters is 1. The molecular formula is C24H20ClN3O3S. The van der Waals surface area contributed by atoms with Gasteiger partial charge in [0.2, 0.25) is 0 Å². The maximum atomic E-state index is 13.4. The number of pyridine rings is 2. The van der Waals surface area contributed by atoms with Gasteiger partial charge in [-0.3, -0.25) is 9.78 Å². The number of carbonyl (C=O) groups is 2. The Kier molecular flexibility index (Phi) is 6.48. The van der Waals surface area contributed by atoms with Crippen LogP contribution in [0.15, 0.2) is 54.9 Å². The van der Waals surface area contributed by atoms with Gasteiger partial charge in [-0.2, -0.15) is 0 Å². The van der Waals surface area contributed by atoms with Crippen LogP contribution in [-0.4, -0.2) is 28.5 Å². The summed E-state index contributed by atoms with van der Waals surface area (Å²) in [5, 5.41) is 4.48. The van der Waals surface area contributed by atoms with Crippen LogP contribution in [-0.2, 0) is 11.2 Å². The molecule has 3 aromatic heterocycles. The van der Waals surface area contributed by atoms with Crippen molar-refractivity contribution in [1.82, 2.24) is 9.97 Å². The number of rotatable bonds is 6. The molecule has 0 unspecified atom stereocenters. The molecule has 0 aliphatic heterocycles. The Morgan fingerprint density at radius 2 is 1.97 bits per heavy atom. The minimum atomic E-state index is -0.461. The molecule has 4 aromatic rings. The number of aryl methyl sites for hydroxylation is 1. The lowest BCUT2D eigenvalue weighted by Gasteiger charge is -2.11.